The summed E-state index contributed by atoms with van der Waals surface area (Å²) in [5.41, 5.74) is 2.02. The van der Waals surface area contributed by atoms with Crippen LogP contribution in [-0.2, 0) is 6.42 Å². The summed E-state index contributed by atoms with van der Waals surface area (Å²) in [6, 6.07) is 16.9. The number of rotatable bonds is 5. The number of carbonyl (C=O) groups excluding carboxylic acids is 1. The van der Waals surface area contributed by atoms with Gasteiger partial charge in [0.25, 0.3) is 5.91 Å². The van der Waals surface area contributed by atoms with E-state index in [1.165, 1.54) is 11.3 Å². The van der Waals surface area contributed by atoms with Crippen molar-refractivity contribution in [3.05, 3.63) is 71.4 Å². The highest BCUT2D eigenvalue weighted by Crippen LogP contribution is 2.28. The Morgan fingerprint density at radius 2 is 1.85 bits per heavy atom. The highest BCUT2D eigenvalue weighted by Gasteiger charge is 2.18. The van der Waals surface area contributed by atoms with E-state index in [0.717, 1.165) is 17.0 Å². The quantitative estimate of drug-likeness (QED) is 0.547. The van der Waals surface area contributed by atoms with Crippen molar-refractivity contribution in [1.82, 2.24) is 15.2 Å². The molecular weight excluding hydrogens is 360 g/mol. The van der Waals surface area contributed by atoms with Crippen molar-refractivity contribution in [3.8, 4) is 22.8 Å². The summed E-state index contributed by atoms with van der Waals surface area (Å²) < 4.78 is 5.90. The molecule has 4 rings (SSSR count). The van der Waals surface area contributed by atoms with Crippen molar-refractivity contribution in [2.24, 2.45) is 0 Å². The van der Waals surface area contributed by atoms with Crippen molar-refractivity contribution < 1.29 is 9.21 Å². The first-order chi connectivity index (χ1) is 13.2. The molecule has 0 aliphatic carbocycles. The maximum atomic E-state index is 12.7. The van der Waals surface area contributed by atoms with Gasteiger partial charge in [0.15, 0.2) is 5.76 Å². The first-order valence-corrected chi connectivity index (χ1v) is 9.30. The van der Waals surface area contributed by atoms with Gasteiger partial charge >= 0.3 is 0 Å². The Kier molecular flexibility index (Phi) is 4.76. The lowest BCUT2D eigenvalue weighted by atomic mass is 10.1. The molecule has 0 atom stereocenters. The first kappa shape index (κ1) is 17.1. The van der Waals surface area contributed by atoms with Gasteiger partial charge < -0.3 is 4.42 Å². The molecular formula is C20H16N4O2S. The number of amides is 1. The van der Waals surface area contributed by atoms with Crippen molar-refractivity contribution in [3.63, 3.8) is 0 Å². The molecule has 0 saturated carbocycles. The van der Waals surface area contributed by atoms with Gasteiger partial charge in [0.05, 0.1) is 11.8 Å². The van der Waals surface area contributed by atoms with E-state index in [1.54, 1.807) is 18.3 Å². The second kappa shape index (κ2) is 7.51. The lowest BCUT2D eigenvalue weighted by Gasteiger charge is -2.05. The third kappa shape index (κ3) is 3.63. The fourth-order valence-electron chi connectivity index (χ4n) is 2.61. The summed E-state index contributed by atoms with van der Waals surface area (Å²) >= 11 is 1.37. The molecule has 0 bridgehead atoms. The van der Waals surface area contributed by atoms with Gasteiger partial charge in [-0.05, 0) is 18.6 Å². The first-order valence-electron chi connectivity index (χ1n) is 8.49. The second-order valence-corrected chi connectivity index (χ2v) is 6.81. The standard InChI is InChI=1S/C20H16N4O2S/c1-2-17-23-24-20(27-17)22-18(25)14-10-6-7-11-15(14)19-21-12-16(26-19)13-8-4-3-5-9-13/h3-12H,2H2,1H3,(H,22,24,25). The van der Waals surface area contributed by atoms with Crippen molar-refractivity contribution in [2.75, 3.05) is 5.32 Å². The minimum absolute atomic E-state index is 0.274. The van der Waals surface area contributed by atoms with Crippen molar-refractivity contribution in [2.45, 2.75) is 13.3 Å². The second-order valence-electron chi connectivity index (χ2n) is 5.75. The molecule has 0 unspecified atom stereocenters. The average Bonchev–Trinajstić information content (AvgIpc) is 3.38. The van der Waals surface area contributed by atoms with Gasteiger partial charge in [0.1, 0.15) is 5.01 Å². The maximum absolute atomic E-state index is 12.7. The van der Waals surface area contributed by atoms with Gasteiger partial charge in [-0.25, -0.2) is 4.98 Å². The normalized spacial score (nSPS) is 10.7. The number of hydrogen-bond acceptors (Lipinski definition) is 6. The lowest BCUT2D eigenvalue weighted by Crippen LogP contribution is -2.13. The molecule has 1 N–H and O–H groups in total. The Morgan fingerprint density at radius 3 is 2.63 bits per heavy atom. The van der Waals surface area contributed by atoms with Gasteiger partial charge in [-0.2, -0.15) is 0 Å². The van der Waals surface area contributed by atoms with E-state index in [1.807, 2.05) is 49.4 Å². The number of carbonyl (C=O) groups is 1. The van der Waals surface area contributed by atoms with Crippen LogP contribution in [0.2, 0.25) is 0 Å². The molecule has 0 aliphatic rings. The summed E-state index contributed by atoms with van der Waals surface area (Å²) in [5.74, 6) is 0.771. The van der Waals surface area contributed by atoms with Crippen LogP contribution >= 0.6 is 11.3 Å². The number of oxazole rings is 1. The molecule has 1 amide bonds. The monoisotopic (exact) mass is 376 g/mol. The van der Waals surface area contributed by atoms with Crippen LogP contribution in [0.15, 0.2) is 65.2 Å². The SMILES string of the molecule is CCc1nnc(NC(=O)c2ccccc2-c2ncc(-c3ccccc3)o2)s1. The van der Waals surface area contributed by atoms with Crippen LogP contribution in [0, 0.1) is 0 Å². The van der Waals surface area contributed by atoms with E-state index in [2.05, 4.69) is 20.5 Å². The van der Waals surface area contributed by atoms with Crippen LogP contribution in [0.4, 0.5) is 5.13 Å². The van der Waals surface area contributed by atoms with Crippen LogP contribution in [0.25, 0.3) is 22.8 Å². The minimum Gasteiger partial charge on any atom is -0.436 e. The molecule has 2 heterocycles. The van der Waals surface area contributed by atoms with Gasteiger partial charge in [-0.3, -0.25) is 10.1 Å². The van der Waals surface area contributed by atoms with E-state index >= 15 is 0 Å². The van der Waals surface area contributed by atoms with E-state index in [0.29, 0.717) is 27.9 Å². The number of nitrogens with zero attached hydrogens (tertiary/aromatic N) is 3. The predicted octanol–water partition coefficient (Wildman–Crippen LogP) is 4.67. The molecule has 6 nitrogen and oxygen atoms in total. The molecule has 0 fully saturated rings. The Morgan fingerprint density at radius 1 is 1.07 bits per heavy atom. The van der Waals surface area contributed by atoms with E-state index in [4.69, 9.17) is 4.42 Å². The molecule has 134 valence electrons. The summed E-state index contributed by atoms with van der Waals surface area (Å²) in [6.07, 6.45) is 2.44. The lowest BCUT2D eigenvalue weighted by molar-refractivity contribution is 0.102. The van der Waals surface area contributed by atoms with Gasteiger partial charge in [0.2, 0.25) is 11.0 Å². The summed E-state index contributed by atoms with van der Waals surface area (Å²) in [5, 5.41) is 12.2. The summed E-state index contributed by atoms with van der Waals surface area (Å²) in [7, 11) is 0. The van der Waals surface area contributed by atoms with Crippen LogP contribution in [0.1, 0.15) is 22.3 Å². The fraction of sp³-hybridized carbons (Fsp3) is 0.100. The summed E-state index contributed by atoms with van der Waals surface area (Å²) in [4.78, 5) is 17.1. The number of aryl methyl sites for hydroxylation is 1. The molecule has 0 radical (unpaired) electrons. The van der Waals surface area contributed by atoms with Gasteiger partial charge in [0, 0.05) is 11.1 Å². The van der Waals surface area contributed by atoms with Crippen LogP contribution in [-0.4, -0.2) is 21.1 Å². The molecule has 27 heavy (non-hydrogen) atoms. The predicted molar refractivity (Wildman–Crippen MR) is 105 cm³/mol. The van der Waals surface area contributed by atoms with Crippen molar-refractivity contribution in [1.29, 1.82) is 0 Å². The smallest absolute Gasteiger partial charge is 0.258 e. The molecule has 7 heteroatoms. The zero-order valence-electron chi connectivity index (χ0n) is 14.5. The van der Waals surface area contributed by atoms with Crippen LogP contribution in [0.5, 0.6) is 0 Å². The van der Waals surface area contributed by atoms with E-state index in [-0.39, 0.29) is 5.91 Å². The molecule has 4 aromatic rings. The summed E-state index contributed by atoms with van der Waals surface area (Å²) in [6.45, 7) is 1.99. The number of benzene rings is 2. The third-order valence-corrected chi connectivity index (χ3v) is 4.94. The fourth-order valence-corrected chi connectivity index (χ4v) is 3.29. The van der Waals surface area contributed by atoms with Gasteiger partial charge in [-0.15, -0.1) is 10.2 Å². The highest BCUT2D eigenvalue weighted by atomic mass is 32.1. The largest absolute Gasteiger partial charge is 0.436 e. The third-order valence-electron chi connectivity index (χ3n) is 3.96. The van der Waals surface area contributed by atoms with Crippen molar-refractivity contribution >= 4 is 22.4 Å². The van der Waals surface area contributed by atoms with E-state index < -0.39 is 0 Å². The molecule has 0 saturated heterocycles. The topological polar surface area (TPSA) is 80.9 Å². The molecule has 0 aliphatic heterocycles. The Labute approximate surface area is 159 Å². The molecule has 2 aromatic carbocycles. The zero-order valence-corrected chi connectivity index (χ0v) is 15.4. The molecule has 0 spiro atoms. The average molecular weight is 376 g/mol. The zero-order chi connectivity index (χ0) is 18.6. The molecule has 2 aromatic heterocycles. The number of nitrogens with one attached hydrogen (secondary N) is 1. The van der Waals surface area contributed by atoms with Crippen LogP contribution < -0.4 is 5.32 Å². The Bertz CT molecular complexity index is 1070. The maximum Gasteiger partial charge on any atom is 0.258 e. The Hall–Kier alpha value is -3.32. The number of aromatic nitrogens is 3. The van der Waals surface area contributed by atoms with Crippen LogP contribution in [0.3, 0.4) is 0 Å². The van der Waals surface area contributed by atoms with Gasteiger partial charge in [-0.1, -0.05) is 60.7 Å². The minimum atomic E-state index is -0.274. The highest BCUT2D eigenvalue weighted by molar-refractivity contribution is 7.15. The Balaban J connectivity index is 1.63. The number of anilines is 1. The number of hydrogen-bond donors (Lipinski definition) is 1. The van der Waals surface area contributed by atoms with E-state index in [9.17, 15) is 4.79 Å².